The number of nitrogens with zero attached hydrogens (tertiary/aromatic N) is 6. The Labute approximate surface area is 221 Å². The number of anilines is 1. The van der Waals surface area contributed by atoms with E-state index in [4.69, 9.17) is 10.6 Å². The molecule has 4 amide bonds. The van der Waals surface area contributed by atoms with Crippen LogP contribution in [0.3, 0.4) is 0 Å². The van der Waals surface area contributed by atoms with E-state index in [-0.39, 0.29) is 36.2 Å². The number of fused-ring (bicyclic) bond motifs is 1. The number of nitrogens with one attached hydrogen (secondary N) is 1. The number of thioether (sulfide) groups is 3. The number of hydrogen-bond acceptors (Lipinski definition) is 13. The zero-order chi connectivity index (χ0) is 25.6. The number of urea groups is 1. The Hall–Kier alpha value is -2.70. The summed E-state index contributed by atoms with van der Waals surface area (Å²) in [4.78, 5) is 61.0. The van der Waals surface area contributed by atoms with Gasteiger partial charge in [-0.25, -0.2) is 19.6 Å². The van der Waals surface area contributed by atoms with Crippen LogP contribution in [0.4, 0.5) is 9.93 Å². The molecular weight excluding hydrogens is 553 g/mol. The van der Waals surface area contributed by atoms with Crippen LogP contribution in [0.2, 0.25) is 0 Å². The van der Waals surface area contributed by atoms with E-state index in [1.807, 2.05) is 0 Å². The average molecular weight is 573 g/mol. The van der Waals surface area contributed by atoms with Gasteiger partial charge in [0.2, 0.25) is 10.8 Å². The third-order valence-electron chi connectivity index (χ3n) is 5.78. The van der Waals surface area contributed by atoms with Gasteiger partial charge in [0.15, 0.2) is 15.2 Å². The Morgan fingerprint density at radius 1 is 1.31 bits per heavy atom. The maximum atomic E-state index is 13.1. The third kappa shape index (κ3) is 4.14. The van der Waals surface area contributed by atoms with Gasteiger partial charge in [0.1, 0.15) is 24.2 Å². The van der Waals surface area contributed by atoms with Crippen molar-refractivity contribution >= 4 is 85.7 Å². The van der Waals surface area contributed by atoms with Crippen LogP contribution in [-0.2, 0) is 19.2 Å². The summed E-state index contributed by atoms with van der Waals surface area (Å²) in [5.74, 6) is -0.613. The van der Waals surface area contributed by atoms with Crippen molar-refractivity contribution in [3.63, 3.8) is 0 Å². The summed E-state index contributed by atoms with van der Waals surface area (Å²) >= 11 is 5.15. The second kappa shape index (κ2) is 9.64. The van der Waals surface area contributed by atoms with E-state index in [9.17, 15) is 24.3 Å². The SMILES string of the molecule is CO/N=C(\C(=O)N[C@@H]1C(=O)N2C[C@@](C(=O)O)(N3CCN(N=C4SCCS4)C3=O)S[C@H]12)c1csc(N)n1. The van der Waals surface area contributed by atoms with Gasteiger partial charge in [-0.2, -0.15) is 5.10 Å². The number of amides is 4. The van der Waals surface area contributed by atoms with Crippen molar-refractivity contribution in [1.82, 2.24) is 25.1 Å². The topological polar surface area (TPSA) is 183 Å². The number of thiazole rings is 1. The highest BCUT2D eigenvalue weighted by Crippen LogP contribution is 2.49. The molecule has 18 heteroatoms. The van der Waals surface area contributed by atoms with E-state index in [1.165, 1.54) is 27.3 Å². The fraction of sp³-hybridized carbons (Fsp3) is 0.500. The number of β-lactam (4-membered cyclic amide) rings is 1. The van der Waals surface area contributed by atoms with E-state index in [1.54, 1.807) is 23.5 Å². The summed E-state index contributed by atoms with van der Waals surface area (Å²) in [6.45, 7) is 0.182. The first-order chi connectivity index (χ1) is 17.2. The molecule has 1 aromatic rings. The Bertz CT molecular complexity index is 1180. The number of carbonyl (C=O) groups excluding carboxylic acids is 3. The maximum Gasteiger partial charge on any atom is 0.342 e. The van der Waals surface area contributed by atoms with Gasteiger partial charge in [0.05, 0.1) is 13.1 Å². The van der Waals surface area contributed by atoms with Crippen molar-refractivity contribution < 1.29 is 29.1 Å². The standard InChI is InChI=1S/C18H20N8O6S4/c1-32-23-9(8-6-35-15(19)20-8)11(27)21-10-12(28)24-7-18(14(29)30,36-13(10)24)25-2-3-26(17(25)31)22-16-33-4-5-34-16/h6,10,13H,2-5,7H2,1H3,(H2,19,20)(H,21,27)(H,29,30)/b23-9-/t10-,13-,18-/m1/s1. The fourth-order valence-corrected chi connectivity index (χ4v) is 8.46. The molecule has 5 rings (SSSR count). The first kappa shape index (κ1) is 25.0. The van der Waals surface area contributed by atoms with Gasteiger partial charge >= 0.3 is 12.0 Å². The molecule has 4 fully saturated rings. The summed E-state index contributed by atoms with van der Waals surface area (Å²) in [5.41, 5.74) is 5.65. The molecule has 0 radical (unpaired) electrons. The first-order valence-corrected chi connectivity index (χ1v) is 14.3. The molecule has 36 heavy (non-hydrogen) atoms. The van der Waals surface area contributed by atoms with Gasteiger partial charge in [-0.3, -0.25) is 14.5 Å². The lowest BCUT2D eigenvalue weighted by molar-refractivity contribution is -0.151. The molecule has 1 aromatic heterocycles. The fourth-order valence-electron chi connectivity index (χ4n) is 4.12. The minimum Gasteiger partial charge on any atom is -0.479 e. The molecule has 3 atom stereocenters. The summed E-state index contributed by atoms with van der Waals surface area (Å²) in [6, 6.07) is -1.54. The highest BCUT2D eigenvalue weighted by Gasteiger charge is 2.66. The Kier molecular flexibility index (Phi) is 6.69. The molecule has 0 bridgehead atoms. The van der Waals surface area contributed by atoms with Crippen molar-refractivity contribution in [1.29, 1.82) is 0 Å². The van der Waals surface area contributed by atoms with Crippen molar-refractivity contribution in [2.75, 3.05) is 44.0 Å². The van der Waals surface area contributed by atoms with Crippen LogP contribution in [0.5, 0.6) is 0 Å². The number of aliphatic carboxylic acids is 1. The summed E-state index contributed by atoms with van der Waals surface area (Å²) < 4.78 is 0.769. The van der Waals surface area contributed by atoms with Crippen molar-refractivity contribution in [3.05, 3.63) is 11.1 Å². The molecular formula is C18H20N8O6S4. The number of rotatable bonds is 7. The van der Waals surface area contributed by atoms with Gasteiger partial charge in [-0.05, 0) is 0 Å². The molecule has 14 nitrogen and oxygen atoms in total. The Morgan fingerprint density at radius 2 is 2.06 bits per heavy atom. The number of carboxylic acids is 1. The molecule has 0 aliphatic carbocycles. The number of carboxylic acid groups (broad SMARTS) is 1. The predicted octanol–water partition coefficient (Wildman–Crippen LogP) is -0.255. The van der Waals surface area contributed by atoms with Crippen molar-refractivity contribution in [3.8, 4) is 0 Å². The van der Waals surface area contributed by atoms with Crippen LogP contribution in [0, 0.1) is 0 Å². The van der Waals surface area contributed by atoms with Gasteiger partial charge in [0, 0.05) is 23.4 Å². The van der Waals surface area contributed by atoms with E-state index in [0.717, 1.165) is 39.0 Å². The summed E-state index contributed by atoms with van der Waals surface area (Å²) in [7, 11) is 1.26. The minimum absolute atomic E-state index is 0.145. The first-order valence-electron chi connectivity index (χ1n) is 10.5. The van der Waals surface area contributed by atoms with Crippen LogP contribution >= 0.6 is 46.6 Å². The second-order valence-corrected chi connectivity index (χ2v) is 12.5. The van der Waals surface area contributed by atoms with Gasteiger partial charge in [0.25, 0.3) is 5.91 Å². The second-order valence-electron chi connectivity index (χ2n) is 7.83. The quantitative estimate of drug-likeness (QED) is 0.222. The number of aromatic nitrogens is 1. The van der Waals surface area contributed by atoms with Crippen LogP contribution < -0.4 is 11.1 Å². The largest absolute Gasteiger partial charge is 0.479 e. The van der Waals surface area contributed by atoms with E-state index >= 15 is 0 Å². The normalized spacial score (nSPS) is 27.9. The third-order valence-corrected chi connectivity index (χ3v) is 10.6. The van der Waals surface area contributed by atoms with E-state index < -0.39 is 40.1 Å². The number of oxime groups is 1. The molecule has 0 saturated carbocycles. The zero-order valence-electron chi connectivity index (χ0n) is 18.6. The number of hydrogen-bond donors (Lipinski definition) is 3. The number of nitrogen functional groups attached to an aromatic ring is 1. The molecule has 192 valence electrons. The molecule has 4 aliphatic rings. The zero-order valence-corrected chi connectivity index (χ0v) is 21.9. The van der Waals surface area contributed by atoms with E-state index in [2.05, 4.69) is 20.6 Å². The maximum absolute atomic E-state index is 13.1. The highest BCUT2D eigenvalue weighted by molar-refractivity contribution is 8.41. The number of nitrogens with two attached hydrogens (primary N) is 1. The smallest absolute Gasteiger partial charge is 0.342 e. The number of hydrazone groups is 1. The molecule has 4 N–H and O–H groups in total. The number of carbonyl (C=O) groups is 4. The predicted molar refractivity (Wildman–Crippen MR) is 137 cm³/mol. The molecule has 4 saturated heterocycles. The summed E-state index contributed by atoms with van der Waals surface area (Å²) in [5, 5.41) is 23.2. The lowest BCUT2D eigenvalue weighted by atomic mass is 10.1. The van der Waals surface area contributed by atoms with Crippen LogP contribution in [0.25, 0.3) is 0 Å². The highest BCUT2D eigenvalue weighted by atomic mass is 32.2. The van der Waals surface area contributed by atoms with Gasteiger partial charge in [-0.15, -0.1) is 11.3 Å². The van der Waals surface area contributed by atoms with Crippen molar-refractivity contribution in [2.24, 2.45) is 10.3 Å². The molecule has 4 aliphatic heterocycles. The minimum atomic E-state index is -1.70. The lowest BCUT2D eigenvalue weighted by Gasteiger charge is -2.41. The molecule has 0 spiro atoms. The molecule has 0 aromatic carbocycles. The monoisotopic (exact) mass is 572 g/mol. The Morgan fingerprint density at radius 3 is 2.69 bits per heavy atom. The van der Waals surface area contributed by atoms with Crippen LogP contribution in [-0.4, -0.2) is 113 Å². The summed E-state index contributed by atoms with van der Waals surface area (Å²) in [6.07, 6.45) is 0. The van der Waals surface area contributed by atoms with E-state index in [0.29, 0.717) is 0 Å². The Balaban J connectivity index is 1.32. The molecule has 0 unspecified atom stereocenters. The van der Waals surface area contributed by atoms with Crippen molar-refractivity contribution in [2.45, 2.75) is 16.3 Å². The van der Waals surface area contributed by atoms with Crippen LogP contribution in [0.1, 0.15) is 5.69 Å². The van der Waals surface area contributed by atoms with Crippen LogP contribution in [0.15, 0.2) is 15.6 Å². The average Bonchev–Trinajstić information content (AvgIpc) is 3.64. The molecule has 5 heterocycles. The van der Waals surface area contributed by atoms with Gasteiger partial charge < -0.3 is 25.9 Å². The lowest BCUT2D eigenvalue weighted by Crippen LogP contribution is -2.68. The van der Waals surface area contributed by atoms with Gasteiger partial charge in [-0.1, -0.05) is 40.4 Å².